The fourth-order valence-corrected chi connectivity index (χ4v) is 3.70. The van der Waals surface area contributed by atoms with E-state index in [4.69, 9.17) is 11.6 Å². The van der Waals surface area contributed by atoms with Gasteiger partial charge in [0.05, 0.1) is 5.92 Å². The van der Waals surface area contributed by atoms with Gasteiger partial charge in [-0.1, -0.05) is 41.9 Å². The number of nitrogens with zero attached hydrogens (tertiary/aromatic N) is 1. The minimum absolute atomic E-state index is 0.121. The minimum Gasteiger partial charge on any atom is -0.326 e. The third-order valence-corrected chi connectivity index (χ3v) is 5.27. The Kier molecular flexibility index (Phi) is 6.37. The van der Waals surface area contributed by atoms with Gasteiger partial charge in [0.2, 0.25) is 11.8 Å². The Balaban J connectivity index is 1.36. The van der Waals surface area contributed by atoms with Crippen molar-refractivity contribution in [2.24, 2.45) is 5.92 Å². The summed E-state index contributed by atoms with van der Waals surface area (Å²) in [5, 5.41) is 8.84. The molecule has 3 aromatic rings. The predicted octanol–water partition coefficient (Wildman–Crippen LogP) is 4.98. The third kappa shape index (κ3) is 5.25. The highest BCUT2D eigenvalue weighted by molar-refractivity contribution is 6.31. The quantitative estimate of drug-likeness (QED) is 0.514. The number of benzene rings is 3. The van der Waals surface area contributed by atoms with Gasteiger partial charge in [-0.05, 0) is 48.5 Å². The smallest absolute Gasteiger partial charge is 0.323 e. The Labute approximate surface area is 190 Å². The van der Waals surface area contributed by atoms with Crippen molar-refractivity contribution in [3.63, 3.8) is 0 Å². The highest BCUT2D eigenvalue weighted by atomic mass is 35.5. The average molecular weight is 449 g/mol. The molecular formula is C24H21ClN4O3. The van der Waals surface area contributed by atoms with Crippen molar-refractivity contribution in [3.05, 3.63) is 83.9 Å². The highest BCUT2D eigenvalue weighted by Gasteiger charge is 2.35. The Morgan fingerprint density at radius 1 is 0.812 bits per heavy atom. The third-order valence-electron chi connectivity index (χ3n) is 5.04. The molecule has 4 amide bonds. The van der Waals surface area contributed by atoms with Crippen molar-refractivity contribution in [1.82, 2.24) is 0 Å². The number of para-hydroxylation sites is 1. The van der Waals surface area contributed by atoms with Crippen LogP contribution in [0.25, 0.3) is 0 Å². The zero-order chi connectivity index (χ0) is 22.5. The fraction of sp³-hybridized carbons (Fsp3) is 0.125. The summed E-state index contributed by atoms with van der Waals surface area (Å²) in [5.74, 6) is -0.867. The summed E-state index contributed by atoms with van der Waals surface area (Å²) in [6, 6.07) is 22.5. The molecular weight excluding hydrogens is 428 g/mol. The van der Waals surface area contributed by atoms with Crippen LogP contribution >= 0.6 is 11.6 Å². The number of amides is 4. The van der Waals surface area contributed by atoms with Crippen LogP contribution in [0.5, 0.6) is 0 Å². The number of hydrogen-bond acceptors (Lipinski definition) is 3. The van der Waals surface area contributed by atoms with E-state index < -0.39 is 11.9 Å². The maximum Gasteiger partial charge on any atom is 0.323 e. The topological polar surface area (TPSA) is 90.5 Å². The lowest BCUT2D eigenvalue weighted by atomic mass is 10.1. The van der Waals surface area contributed by atoms with E-state index in [2.05, 4.69) is 16.0 Å². The van der Waals surface area contributed by atoms with Gasteiger partial charge in [-0.15, -0.1) is 0 Å². The van der Waals surface area contributed by atoms with E-state index in [0.717, 1.165) is 0 Å². The van der Waals surface area contributed by atoms with Crippen LogP contribution in [0.1, 0.15) is 6.42 Å². The summed E-state index contributed by atoms with van der Waals surface area (Å²) < 4.78 is 0. The molecule has 1 atom stereocenters. The first-order chi connectivity index (χ1) is 15.5. The van der Waals surface area contributed by atoms with E-state index in [0.29, 0.717) is 27.8 Å². The summed E-state index contributed by atoms with van der Waals surface area (Å²) >= 11 is 6.02. The second-order valence-electron chi connectivity index (χ2n) is 7.40. The standard InChI is InChI=1S/C24H21ClN4O3/c25-17-6-4-11-21(13-17)29-15-16(12-22(29)30)23(31)26-19-9-5-10-20(14-19)28-24(32)27-18-7-2-1-3-8-18/h1-11,13-14,16H,12,15H2,(H,26,31)(H2,27,28,32). The van der Waals surface area contributed by atoms with Gasteiger partial charge in [0.25, 0.3) is 0 Å². The number of carbonyl (C=O) groups excluding carboxylic acids is 3. The van der Waals surface area contributed by atoms with Crippen molar-refractivity contribution in [2.45, 2.75) is 6.42 Å². The first kappa shape index (κ1) is 21.4. The van der Waals surface area contributed by atoms with Gasteiger partial charge >= 0.3 is 6.03 Å². The van der Waals surface area contributed by atoms with E-state index in [1.807, 2.05) is 18.2 Å². The van der Waals surface area contributed by atoms with Gasteiger partial charge in [-0.25, -0.2) is 4.79 Å². The number of hydrogen-bond donors (Lipinski definition) is 3. The molecule has 1 heterocycles. The summed E-state index contributed by atoms with van der Waals surface area (Å²) in [4.78, 5) is 39.0. The molecule has 0 saturated carbocycles. The lowest BCUT2D eigenvalue weighted by molar-refractivity contribution is -0.122. The molecule has 1 fully saturated rings. The normalized spacial score (nSPS) is 15.3. The maximum atomic E-state index is 12.8. The number of nitrogens with one attached hydrogen (secondary N) is 3. The van der Waals surface area contributed by atoms with Crippen LogP contribution in [0.2, 0.25) is 5.02 Å². The molecule has 0 bridgehead atoms. The van der Waals surface area contributed by atoms with E-state index >= 15 is 0 Å². The molecule has 0 spiro atoms. The monoisotopic (exact) mass is 448 g/mol. The molecule has 0 aromatic heterocycles. The Bertz CT molecular complexity index is 1150. The summed E-state index contributed by atoms with van der Waals surface area (Å²) in [6.07, 6.45) is 0.121. The van der Waals surface area contributed by atoms with Crippen molar-refractivity contribution in [2.75, 3.05) is 27.4 Å². The SMILES string of the molecule is O=C(Nc1ccccc1)Nc1cccc(NC(=O)C2CC(=O)N(c3cccc(Cl)c3)C2)c1. The lowest BCUT2D eigenvalue weighted by Crippen LogP contribution is -2.28. The summed E-state index contributed by atoms with van der Waals surface area (Å²) in [6.45, 7) is 0.280. The zero-order valence-corrected chi connectivity index (χ0v) is 17.8. The molecule has 0 radical (unpaired) electrons. The zero-order valence-electron chi connectivity index (χ0n) is 17.0. The molecule has 4 rings (SSSR count). The fourth-order valence-electron chi connectivity index (χ4n) is 3.51. The number of anilines is 4. The summed E-state index contributed by atoms with van der Waals surface area (Å²) in [7, 11) is 0. The van der Waals surface area contributed by atoms with Crippen molar-refractivity contribution in [3.8, 4) is 0 Å². The number of urea groups is 1. The lowest BCUT2D eigenvalue weighted by Gasteiger charge is -2.17. The van der Waals surface area contributed by atoms with Crippen LogP contribution in [-0.4, -0.2) is 24.4 Å². The number of carbonyl (C=O) groups is 3. The predicted molar refractivity (Wildman–Crippen MR) is 126 cm³/mol. The molecule has 0 aliphatic carbocycles. The second kappa shape index (κ2) is 9.53. The molecule has 7 nitrogen and oxygen atoms in total. The molecule has 8 heteroatoms. The van der Waals surface area contributed by atoms with E-state index in [1.165, 1.54) is 0 Å². The maximum absolute atomic E-state index is 12.8. The van der Waals surface area contributed by atoms with E-state index in [9.17, 15) is 14.4 Å². The first-order valence-corrected chi connectivity index (χ1v) is 10.5. The van der Waals surface area contributed by atoms with Crippen LogP contribution in [0.4, 0.5) is 27.5 Å². The van der Waals surface area contributed by atoms with Crippen LogP contribution in [0, 0.1) is 5.92 Å². The molecule has 3 N–H and O–H groups in total. The van der Waals surface area contributed by atoms with Gasteiger partial charge < -0.3 is 20.9 Å². The van der Waals surface area contributed by atoms with Crippen LogP contribution < -0.4 is 20.9 Å². The van der Waals surface area contributed by atoms with Crippen molar-refractivity contribution < 1.29 is 14.4 Å². The van der Waals surface area contributed by atoms with Gasteiger partial charge in [0, 0.05) is 40.7 Å². The average Bonchev–Trinajstić information content (AvgIpc) is 3.16. The van der Waals surface area contributed by atoms with E-state index in [1.54, 1.807) is 65.6 Å². The summed E-state index contributed by atoms with van der Waals surface area (Å²) in [5.41, 5.74) is 2.40. The van der Waals surface area contributed by atoms with Crippen LogP contribution in [0.15, 0.2) is 78.9 Å². The molecule has 162 valence electrons. The van der Waals surface area contributed by atoms with Gasteiger partial charge in [-0.2, -0.15) is 0 Å². The Morgan fingerprint density at radius 3 is 2.22 bits per heavy atom. The first-order valence-electron chi connectivity index (χ1n) is 10.1. The minimum atomic E-state index is -0.487. The van der Waals surface area contributed by atoms with Crippen molar-refractivity contribution >= 4 is 52.2 Å². The number of rotatable bonds is 5. The Morgan fingerprint density at radius 2 is 1.47 bits per heavy atom. The molecule has 32 heavy (non-hydrogen) atoms. The second-order valence-corrected chi connectivity index (χ2v) is 7.84. The molecule has 1 aliphatic rings. The van der Waals surface area contributed by atoms with Gasteiger partial charge in [0.15, 0.2) is 0 Å². The molecule has 1 aliphatic heterocycles. The molecule has 1 unspecified atom stereocenters. The molecule has 1 saturated heterocycles. The van der Waals surface area contributed by atoms with Crippen LogP contribution in [-0.2, 0) is 9.59 Å². The van der Waals surface area contributed by atoms with Crippen molar-refractivity contribution in [1.29, 1.82) is 0 Å². The highest BCUT2D eigenvalue weighted by Crippen LogP contribution is 2.28. The van der Waals surface area contributed by atoms with Crippen LogP contribution in [0.3, 0.4) is 0 Å². The van der Waals surface area contributed by atoms with Gasteiger partial charge in [-0.3, -0.25) is 9.59 Å². The number of halogens is 1. The van der Waals surface area contributed by atoms with Gasteiger partial charge in [0.1, 0.15) is 0 Å². The van der Waals surface area contributed by atoms with E-state index in [-0.39, 0.29) is 24.8 Å². The molecule has 3 aromatic carbocycles. The largest absolute Gasteiger partial charge is 0.326 e. The Hall–Kier alpha value is -3.84.